The zero-order valence-corrected chi connectivity index (χ0v) is 10.3. The second kappa shape index (κ2) is 3.43. The first-order valence-electron chi connectivity index (χ1n) is 4.84. The smallest absolute Gasteiger partial charge is 0.0491 e. The Balaban J connectivity index is 2.77. The Kier molecular flexibility index (Phi) is 2.40. The van der Waals surface area contributed by atoms with Crippen LogP contribution in [0.5, 0.6) is 0 Å². The van der Waals surface area contributed by atoms with Gasteiger partial charge in [0, 0.05) is 28.6 Å². The first-order valence-corrected chi connectivity index (χ1v) is 5.63. The van der Waals surface area contributed by atoms with Gasteiger partial charge in [-0.25, -0.2) is 0 Å². The summed E-state index contributed by atoms with van der Waals surface area (Å²) in [6.45, 7) is 4.47. The van der Waals surface area contributed by atoms with Crippen molar-refractivity contribution in [3.63, 3.8) is 0 Å². The summed E-state index contributed by atoms with van der Waals surface area (Å²) < 4.78 is 3.33. The molecule has 74 valence electrons. The summed E-state index contributed by atoms with van der Waals surface area (Å²) in [5.74, 6) is 0.583. The minimum absolute atomic E-state index is 0.583. The maximum Gasteiger partial charge on any atom is 0.0491 e. The number of aryl methyl sites for hydroxylation is 1. The molecule has 2 aromatic rings. The molecule has 0 radical (unpaired) electrons. The van der Waals surface area contributed by atoms with Gasteiger partial charge in [-0.1, -0.05) is 35.8 Å². The summed E-state index contributed by atoms with van der Waals surface area (Å²) >= 11 is 3.50. The van der Waals surface area contributed by atoms with Crippen LogP contribution in [-0.2, 0) is 7.05 Å². The molecule has 0 amide bonds. The van der Waals surface area contributed by atoms with Crippen LogP contribution in [0.4, 0.5) is 0 Å². The average molecular weight is 252 g/mol. The van der Waals surface area contributed by atoms with Crippen molar-refractivity contribution in [2.45, 2.75) is 19.8 Å². The van der Waals surface area contributed by atoms with E-state index in [0.717, 1.165) is 4.47 Å². The van der Waals surface area contributed by atoms with Crippen molar-refractivity contribution >= 4 is 26.8 Å². The van der Waals surface area contributed by atoms with E-state index in [-0.39, 0.29) is 0 Å². The normalized spacial score (nSPS) is 11.5. The fourth-order valence-electron chi connectivity index (χ4n) is 1.85. The number of benzene rings is 1. The second-order valence-corrected chi connectivity index (χ2v) is 4.93. The number of aromatic nitrogens is 1. The van der Waals surface area contributed by atoms with Crippen LogP contribution >= 0.6 is 15.9 Å². The number of fused-ring (bicyclic) bond motifs is 1. The summed E-state index contributed by atoms with van der Waals surface area (Å²) in [5.41, 5.74) is 2.72. The molecule has 2 rings (SSSR count). The molecular formula is C12H14BrN. The van der Waals surface area contributed by atoms with Crippen molar-refractivity contribution < 1.29 is 0 Å². The van der Waals surface area contributed by atoms with Crippen LogP contribution in [0.3, 0.4) is 0 Å². The van der Waals surface area contributed by atoms with Crippen LogP contribution in [0.25, 0.3) is 10.9 Å². The molecule has 1 nitrogen and oxygen atoms in total. The Bertz CT molecular complexity index is 468. The van der Waals surface area contributed by atoms with Gasteiger partial charge in [0.1, 0.15) is 0 Å². The van der Waals surface area contributed by atoms with Gasteiger partial charge in [0.15, 0.2) is 0 Å². The standard InChI is InChI=1S/C12H14BrN/c1-8(2)11-7-14(3)12-6-9(13)4-5-10(11)12/h4-8H,1-3H3. The van der Waals surface area contributed by atoms with E-state index in [4.69, 9.17) is 0 Å². The molecule has 0 aliphatic rings. The lowest BCUT2D eigenvalue weighted by molar-refractivity contribution is 0.857. The molecule has 1 aromatic carbocycles. The lowest BCUT2D eigenvalue weighted by Crippen LogP contribution is -1.84. The SMILES string of the molecule is CC(C)c1cn(C)c2cc(Br)ccc12. The number of hydrogen-bond donors (Lipinski definition) is 0. The number of halogens is 1. The van der Waals surface area contributed by atoms with Gasteiger partial charge < -0.3 is 4.57 Å². The van der Waals surface area contributed by atoms with Gasteiger partial charge in [-0.15, -0.1) is 0 Å². The van der Waals surface area contributed by atoms with Crippen molar-refractivity contribution in [3.05, 3.63) is 34.4 Å². The highest BCUT2D eigenvalue weighted by atomic mass is 79.9. The largest absolute Gasteiger partial charge is 0.350 e. The third-order valence-electron chi connectivity index (χ3n) is 2.61. The third kappa shape index (κ3) is 1.48. The highest BCUT2D eigenvalue weighted by Gasteiger charge is 2.09. The molecule has 2 heteroatoms. The van der Waals surface area contributed by atoms with Gasteiger partial charge in [-0.05, 0) is 23.6 Å². The van der Waals surface area contributed by atoms with E-state index in [1.807, 2.05) is 0 Å². The van der Waals surface area contributed by atoms with Crippen molar-refractivity contribution in [1.29, 1.82) is 0 Å². The molecular weight excluding hydrogens is 238 g/mol. The zero-order valence-electron chi connectivity index (χ0n) is 8.71. The quantitative estimate of drug-likeness (QED) is 0.721. The van der Waals surface area contributed by atoms with Crippen LogP contribution in [0.1, 0.15) is 25.3 Å². The summed E-state index contributed by atoms with van der Waals surface area (Å²) in [6, 6.07) is 6.46. The molecule has 0 fully saturated rings. The number of hydrogen-bond acceptors (Lipinski definition) is 0. The number of nitrogens with zero attached hydrogens (tertiary/aromatic N) is 1. The van der Waals surface area contributed by atoms with Crippen LogP contribution in [0.2, 0.25) is 0 Å². The molecule has 1 heterocycles. The van der Waals surface area contributed by atoms with E-state index in [1.165, 1.54) is 16.5 Å². The van der Waals surface area contributed by atoms with E-state index >= 15 is 0 Å². The lowest BCUT2D eigenvalue weighted by atomic mass is 10.0. The summed E-state index contributed by atoms with van der Waals surface area (Å²) in [5, 5.41) is 1.37. The van der Waals surface area contributed by atoms with Crippen LogP contribution < -0.4 is 0 Å². The zero-order chi connectivity index (χ0) is 10.3. The van der Waals surface area contributed by atoms with E-state index in [2.05, 4.69) is 65.8 Å². The van der Waals surface area contributed by atoms with Gasteiger partial charge in [0.2, 0.25) is 0 Å². The first-order chi connectivity index (χ1) is 6.59. The Morgan fingerprint density at radius 3 is 2.64 bits per heavy atom. The highest BCUT2D eigenvalue weighted by Crippen LogP contribution is 2.28. The monoisotopic (exact) mass is 251 g/mol. The molecule has 0 saturated carbocycles. The van der Waals surface area contributed by atoms with Crippen molar-refractivity contribution in [3.8, 4) is 0 Å². The Morgan fingerprint density at radius 1 is 1.29 bits per heavy atom. The summed E-state index contributed by atoms with van der Waals surface area (Å²) in [6.07, 6.45) is 2.22. The Hall–Kier alpha value is -0.760. The molecule has 1 aromatic heterocycles. The summed E-state index contributed by atoms with van der Waals surface area (Å²) in [7, 11) is 2.10. The molecule has 0 atom stereocenters. The molecule has 0 N–H and O–H groups in total. The topological polar surface area (TPSA) is 4.93 Å². The third-order valence-corrected chi connectivity index (χ3v) is 3.10. The predicted octanol–water partition coefficient (Wildman–Crippen LogP) is 4.06. The van der Waals surface area contributed by atoms with Gasteiger partial charge >= 0.3 is 0 Å². The van der Waals surface area contributed by atoms with Crippen LogP contribution in [-0.4, -0.2) is 4.57 Å². The van der Waals surface area contributed by atoms with Crippen LogP contribution in [0, 0.1) is 0 Å². The van der Waals surface area contributed by atoms with E-state index in [1.54, 1.807) is 0 Å². The molecule has 0 aliphatic heterocycles. The highest BCUT2D eigenvalue weighted by molar-refractivity contribution is 9.10. The van der Waals surface area contributed by atoms with Gasteiger partial charge in [-0.2, -0.15) is 0 Å². The fourth-order valence-corrected chi connectivity index (χ4v) is 2.20. The fraction of sp³-hybridized carbons (Fsp3) is 0.333. The summed E-state index contributed by atoms with van der Waals surface area (Å²) in [4.78, 5) is 0. The minimum Gasteiger partial charge on any atom is -0.350 e. The van der Waals surface area contributed by atoms with Crippen molar-refractivity contribution in [1.82, 2.24) is 4.57 Å². The van der Waals surface area contributed by atoms with Crippen molar-refractivity contribution in [2.24, 2.45) is 7.05 Å². The maximum absolute atomic E-state index is 3.50. The van der Waals surface area contributed by atoms with E-state index in [9.17, 15) is 0 Å². The number of rotatable bonds is 1. The van der Waals surface area contributed by atoms with Gasteiger partial charge in [-0.3, -0.25) is 0 Å². The predicted molar refractivity (Wildman–Crippen MR) is 64.7 cm³/mol. The van der Waals surface area contributed by atoms with E-state index in [0.29, 0.717) is 5.92 Å². The average Bonchev–Trinajstić information content (AvgIpc) is 2.44. The van der Waals surface area contributed by atoms with Gasteiger partial charge in [0.05, 0.1) is 0 Å². The first kappa shape index (κ1) is 9.78. The van der Waals surface area contributed by atoms with Crippen molar-refractivity contribution in [2.75, 3.05) is 0 Å². The van der Waals surface area contributed by atoms with Gasteiger partial charge in [0.25, 0.3) is 0 Å². The molecule has 0 saturated heterocycles. The molecule has 0 bridgehead atoms. The molecule has 0 aliphatic carbocycles. The maximum atomic E-state index is 3.50. The van der Waals surface area contributed by atoms with Crippen LogP contribution in [0.15, 0.2) is 28.9 Å². The molecule has 0 unspecified atom stereocenters. The Labute approximate surface area is 92.9 Å². The van der Waals surface area contributed by atoms with E-state index < -0.39 is 0 Å². The minimum atomic E-state index is 0.583. The second-order valence-electron chi connectivity index (χ2n) is 4.01. The Morgan fingerprint density at radius 2 is 2.00 bits per heavy atom. The molecule has 0 spiro atoms. The molecule has 14 heavy (non-hydrogen) atoms. The lowest BCUT2D eigenvalue weighted by Gasteiger charge is -2.01.